The van der Waals surface area contributed by atoms with Gasteiger partial charge < -0.3 is 14.2 Å². The molecule has 0 unspecified atom stereocenters. The molecule has 0 N–H and O–H groups in total. The quantitative estimate of drug-likeness (QED) is 0.341. The van der Waals surface area contributed by atoms with Crippen molar-refractivity contribution in [2.24, 2.45) is 0 Å². The van der Waals surface area contributed by atoms with E-state index in [-0.39, 0.29) is 5.75 Å². The Balaban J connectivity index is 0.000000924. The molecule has 23 heavy (non-hydrogen) atoms. The summed E-state index contributed by atoms with van der Waals surface area (Å²) in [5.41, 5.74) is 0.224. The Hall–Kier alpha value is -1.88. The molecule has 3 aromatic rings. The molecule has 0 aliphatic rings. The molecule has 0 saturated carbocycles. The minimum Gasteiger partial charge on any atom is -0.497 e. The van der Waals surface area contributed by atoms with Crippen LogP contribution in [0, 0.1) is 0 Å². The van der Waals surface area contributed by atoms with Gasteiger partial charge in [-0.15, -0.1) is 11.3 Å². The zero-order valence-electron chi connectivity index (χ0n) is 12.5. The first-order chi connectivity index (χ1) is 11.1. The lowest BCUT2D eigenvalue weighted by atomic mass is 10.3. The molecule has 7 nitrogen and oxygen atoms in total. The Labute approximate surface area is 148 Å². The number of benzene rings is 1. The van der Waals surface area contributed by atoms with E-state index in [1.54, 1.807) is 25.3 Å². The van der Waals surface area contributed by atoms with Gasteiger partial charge in [0.1, 0.15) is 10.6 Å². The van der Waals surface area contributed by atoms with Gasteiger partial charge in [0.15, 0.2) is 5.75 Å². The van der Waals surface area contributed by atoms with Gasteiger partial charge in [-0.2, -0.15) is 4.98 Å². The summed E-state index contributed by atoms with van der Waals surface area (Å²) in [7, 11) is 2.77. The molecule has 0 radical (unpaired) electrons. The second-order valence-corrected chi connectivity index (χ2v) is 5.07. The Morgan fingerprint density at radius 3 is 2.70 bits per heavy atom. The van der Waals surface area contributed by atoms with Gasteiger partial charge in [0.05, 0.1) is 30.6 Å². The number of nitrogens with zero attached hydrogens (tertiary/aromatic N) is 2. The van der Waals surface area contributed by atoms with Crippen LogP contribution in [0.5, 0.6) is 11.5 Å². The van der Waals surface area contributed by atoms with E-state index in [2.05, 4.69) is 32.3 Å². The first kappa shape index (κ1) is 17.5. The predicted molar refractivity (Wildman–Crippen MR) is 96.4 cm³/mol. The number of ether oxygens (including phenoxy) is 3. The van der Waals surface area contributed by atoms with Gasteiger partial charge in [-0.3, -0.25) is 0 Å². The molecule has 0 aliphatic carbocycles. The highest BCUT2D eigenvalue weighted by atomic mass is 127. The summed E-state index contributed by atoms with van der Waals surface area (Å²) in [6, 6.07) is 5.30. The number of aromatic nitrogens is 2. The van der Waals surface area contributed by atoms with Crippen LogP contribution in [-0.4, -0.2) is 34.7 Å². The Morgan fingerprint density at radius 1 is 1.30 bits per heavy atom. The summed E-state index contributed by atoms with van der Waals surface area (Å²) in [6.07, 6.45) is 0.341. The molecule has 0 spiro atoms. The number of alkyl halides is 1. The summed E-state index contributed by atoms with van der Waals surface area (Å²) < 4.78 is 16.8. The number of carbonyl (C=O) groups is 1. The van der Waals surface area contributed by atoms with E-state index in [4.69, 9.17) is 9.47 Å². The zero-order chi connectivity index (χ0) is 17.0. The smallest absolute Gasteiger partial charge is 0.497 e. The third-order valence-electron chi connectivity index (χ3n) is 2.87. The number of hydrogen-bond acceptors (Lipinski definition) is 7. The van der Waals surface area contributed by atoms with Crippen molar-refractivity contribution in [2.45, 2.75) is 0 Å². The Kier molecular flexibility index (Phi) is 5.77. The molecule has 0 bridgehead atoms. The standard InChI is InChI=1S/C13H10N2O5S.CH3I/c1-18-7-3-4-8-10(5-7)21-11-9(20-13(17)19-2)6-14-12(16)15(8)11;1-2/h3-6H,1-2H3;1H3. The maximum atomic E-state index is 12.0. The lowest BCUT2D eigenvalue weighted by molar-refractivity contribution is 0.121. The van der Waals surface area contributed by atoms with E-state index in [0.29, 0.717) is 16.1 Å². The predicted octanol–water partition coefficient (Wildman–Crippen LogP) is 3.11. The number of rotatable bonds is 2. The highest BCUT2D eigenvalue weighted by molar-refractivity contribution is 14.1. The van der Waals surface area contributed by atoms with E-state index >= 15 is 0 Å². The van der Waals surface area contributed by atoms with Crippen LogP contribution in [0.25, 0.3) is 15.0 Å². The van der Waals surface area contributed by atoms with Crippen LogP contribution in [0.4, 0.5) is 4.79 Å². The molecule has 0 atom stereocenters. The van der Waals surface area contributed by atoms with Crippen molar-refractivity contribution < 1.29 is 19.0 Å². The number of hydrogen-bond donors (Lipinski definition) is 0. The van der Waals surface area contributed by atoms with Gasteiger partial charge >= 0.3 is 11.8 Å². The first-order valence-electron chi connectivity index (χ1n) is 6.26. The number of halogens is 1. The van der Waals surface area contributed by atoms with Crippen molar-refractivity contribution in [3.05, 3.63) is 34.9 Å². The fraction of sp³-hybridized carbons (Fsp3) is 0.214. The fourth-order valence-corrected chi connectivity index (χ4v) is 3.04. The highest BCUT2D eigenvalue weighted by Crippen LogP contribution is 2.33. The molecule has 0 saturated heterocycles. The SMILES string of the molecule is CI.COC(=O)Oc1cnc(=O)n2c1sc1cc(OC)ccc12. The average molecular weight is 448 g/mol. The topological polar surface area (TPSA) is 79.1 Å². The van der Waals surface area contributed by atoms with Gasteiger partial charge in [0, 0.05) is 0 Å². The second-order valence-electron chi connectivity index (χ2n) is 4.04. The summed E-state index contributed by atoms with van der Waals surface area (Å²) in [5, 5.41) is 0. The van der Waals surface area contributed by atoms with E-state index in [1.165, 1.54) is 29.0 Å². The maximum absolute atomic E-state index is 12.0. The fourth-order valence-electron chi connectivity index (χ4n) is 1.93. The Bertz CT molecular complexity index is 905. The third kappa shape index (κ3) is 3.39. The molecule has 2 aromatic heterocycles. The molecule has 0 amide bonds. The molecule has 0 aliphatic heterocycles. The first-order valence-corrected chi connectivity index (χ1v) is 9.23. The van der Waals surface area contributed by atoms with Crippen LogP contribution in [0.2, 0.25) is 0 Å². The molecule has 122 valence electrons. The molecule has 2 heterocycles. The summed E-state index contributed by atoms with van der Waals surface area (Å²) in [4.78, 5) is 29.4. The van der Waals surface area contributed by atoms with Crippen molar-refractivity contribution in [3.63, 3.8) is 0 Å². The van der Waals surface area contributed by atoms with Crippen molar-refractivity contribution in [1.82, 2.24) is 9.38 Å². The average Bonchev–Trinajstić information content (AvgIpc) is 2.98. The number of thiazole rings is 1. The molecular formula is C14H13IN2O5S. The minimum absolute atomic E-state index is 0.168. The summed E-state index contributed by atoms with van der Waals surface area (Å²) in [6.45, 7) is 0. The zero-order valence-corrected chi connectivity index (χ0v) is 15.5. The molecule has 9 heteroatoms. The molecular weight excluding hydrogens is 435 g/mol. The molecule has 1 aromatic carbocycles. The van der Waals surface area contributed by atoms with E-state index in [9.17, 15) is 9.59 Å². The van der Waals surface area contributed by atoms with Crippen molar-refractivity contribution in [3.8, 4) is 11.5 Å². The highest BCUT2D eigenvalue weighted by Gasteiger charge is 2.15. The van der Waals surface area contributed by atoms with Crippen molar-refractivity contribution >= 4 is 55.1 Å². The number of methoxy groups -OCH3 is 2. The van der Waals surface area contributed by atoms with Gasteiger partial charge in [0.25, 0.3) is 0 Å². The van der Waals surface area contributed by atoms with E-state index in [1.807, 2.05) is 4.93 Å². The Morgan fingerprint density at radius 2 is 2.04 bits per heavy atom. The van der Waals surface area contributed by atoms with E-state index < -0.39 is 11.8 Å². The maximum Gasteiger partial charge on any atom is 0.513 e. The summed E-state index contributed by atoms with van der Waals surface area (Å²) in [5.74, 6) is 0.840. The van der Waals surface area contributed by atoms with Crippen LogP contribution in [0.15, 0.2) is 29.2 Å². The van der Waals surface area contributed by atoms with E-state index in [0.717, 1.165) is 4.70 Å². The van der Waals surface area contributed by atoms with Gasteiger partial charge in [-0.05, 0) is 23.1 Å². The van der Waals surface area contributed by atoms with Crippen LogP contribution in [0.3, 0.4) is 0 Å². The van der Waals surface area contributed by atoms with Crippen LogP contribution < -0.4 is 15.2 Å². The van der Waals surface area contributed by atoms with Gasteiger partial charge in [0.2, 0.25) is 0 Å². The largest absolute Gasteiger partial charge is 0.513 e. The molecule has 3 rings (SSSR count). The van der Waals surface area contributed by atoms with Crippen molar-refractivity contribution in [2.75, 3.05) is 19.2 Å². The third-order valence-corrected chi connectivity index (χ3v) is 4.00. The monoisotopic (exact) mass is 448 g/mol. The van der Waals surface area contributed by atoms with Crippen LogP contribution in [0.1, 0.15) is 0 Å². The number of fused-ring (bicyclic) bond motifs is 3. The van der Waals surface area contributed by atoms with Crippen LogP contribution in [-0.2, 0) is 4.74 Å². The lowest BCUT2D eigenvalue weighted by Gasteiger charge is -2.03. The summed E-state index contributed by atoms with van der Waals surface area (Å²) >= 11 is 3.44. The minimum atomic E-state index is -0.868. The number of carbonyl (C=O) groups excluding carboxylic acids is 1. The lowest BCUT2D eigenvalue weighted by Crippen LogP contribution is -2.17. The van der Waals surface area contributed by atoms with Crippen molar-refractivity contribution in [1.29, 1.82) is 0 Å². The second kappa shape index (κ2) is 7.59. The van der Waals surface area contributed by atoms with Gasteiger partial charge in [-0.25, -0.2) is 14.0 Å². The van der Waals surface area contributed by atoms with Gasteiger partial charge in [-0.1, -0.05) is 22.6 Å². The normalized spacial score (nSPS) is 10.1. The van der Waals surface area contributed by atoms with Crippen LogP contribution >= 0.6 is 33.9 Å². The molecule has 0 fully saturated rings.